The Labute approximate surface area is 292 Å². The number of fused-ring (bicyclic) bond motifs is 2. The summed E-state index contributed by atoms with van der Waals surface area (Å²) in [6, 6.07) is 33.4. The zero-order chi connectivity index (χ0) is 36.4. The third-order valence-electron chi connectivity index (χ3n) is 4.61. The molecule has 0 radical (unpaired) electrons. The fraction of sp³-hybridized carbons (Fsp3) is 0.455. The van der Waals surface area contributed by atoms with Gasteiger partial charge in [0.05, 0.1) is 13.2 Å². The van der Waals surface area contributed by atoms with Crippen molar-refractivity contribution in [2.24, 2.45) is 5.92 Å². The van der Waals surface area contributed by atoms with E-state index in [4.69, 9.17) is 14.2 Å². The lowest BCUT2D eigenvalue weighted by Crippen LogP contribution is -1.86. The summed E-state index contributed by atoms with van der Waals surface area (Å²) in [6.45, 7) is 34.5. The molecule has 0 amide bonds. The van der Waals surface area contributed by atoms with Crippen LogP contribution in [0.1, 0.15) is 89.0 Å². The molecule has 0 fully saturated rings. The summed E-state index contributed by atoms with van der Waals surface area (Å²) in [4.78, 5) is 0. The molecule has 0 aliphatic rings. The molecule has 4 rings (SSSR count). The molecule has 4 aromatic rings. The van der Waals surface area contributed by atoms with Gasteiger partial charge in [0.15, 0.2) is 0 Å². The summed E-state index contributed by atoms with van der Waals surface area (Å²) in [5, 5.41) is 5.24. The monoisotopic (exact) mass is 649 g/mol. The maximum Gasteiger partial charge on any atom is 0.0644 e. The van der Waals surface area contributed by atoms with Gasteiger partial charge in [0.1, 0.15) is 0 Å². The third-order valence-corrected chi connectivity index (χ3v) is 4.61. The second-order valence-corrected chi connectivity index (χ2v) is 10.5. The van der Waals surface area contributed by atoms with E-state index >= 15 is 0 Å². The Bertz CT molecular complexity index is 916. The molecule has 0 spiro atoms. The highest BCUT2D eigenvalue weighted by atomic mass is 16.5. The molecule has 0 aliphatic heterocycles. The van der Waals surface area contributed by atoms with Gasteiger partial charge in [0, 0.05) is 26.4 Å². The maximum absolute atomic E-state index is 4.86. The Balaban J connectivity index is -0.000000235. The third kappa shape index (κ3) is 42.8. The van der Waals surface area contributed by atoms with E-state index in [9.17, 15) is 0 Å². The van der Waals surface area contributed by atoms with E-state index in [2.05, 4.69) is 159 Å². The average Bonchev–Trinajstić information content (AvgIpc) is 3.08. The molecule has 3 heteroatoms. The van der Waals surface area contributed by atoms with Crippen LogP contribution in [0.5, 0.6) is 0 Å². The fourth-order valence-electron chi connectivity index (χ4n) is 2.87. The Morgan fingerprint density at radius 1 is 0.426 bits per heavy atom. The zero-order valence-corrected chi connectivity index (χ0v) is 32.3. The Morgan fingerprint density at radius 2 is 0.596 bits per heavy atom. The highest BCUT2D eigenvalue weighted by Gasteiger charge is 1.86. The first kappa shape index (κ1) is 50.6. The van der Waals surface area contributed by atoms with Crippen molar-refractivity contribution in [2.45, 2.75) is 89.0 Å². The standard InChI is InChI=1S/2C10H8.2C5H10O.C4H10O.C4H10.2C3H8/c2*1-2-6-10-8-4-3-7-9(10)5-1;2*1-3-5-6-4-2;1-3-5-4-2;1-4(2)3;2*1-3-2/h2*1-8H;2*3H,1,4-5H2,2H3;3-4H2,1-2H3;4H,1-3H3;2*3H2,1-2H3. The Kier molecular flexibility index (Phi) is 48.3. The van der Waals surface area contributed by atoms with E-state index in [0.717, 1.165) is 32.3 Å². The van der Waals surface area contributed by atoms with E-state index in [-0.39, 0.29) is 0 Å². The molecule has 0 aromatic heterocycles. The van der Waals surface area contributed by atoms with Gasteiger partial charge in [-0.2, -0.15) is 0 Å². The van der Waals surface area contributed by atoms with Crippen LogP contribution < -0.4 is 0 Å². The van der Waals surface area contributed by atoms with Gasteiger partial charge >= 0.3 is 0 Å². The summed E-state index contributed by atoms with van der Waals surface area (Å²) in [5.41, 5.74) is 0. The first-order chi connectivity index (χ1) is 22.7. The van der Waals surface area contributed by atoms with Crippen LogP contribution in [0.15, 0.2) is 122 Å². The molecule has 47 heavy (non-hydrogen) atoms. The van der Waals surface area contributed by atoms with Gasteiger partial charge in [-0.25, -0.2) is 0 Å². The summed E-state index contributed by atoms with van der Waals surface area (Å²) in [7, 11) is 0. The lowest BCUT2D eigenvalue weighted by Gasteiger charge is -1.92. The molecular formula is C44H72O3. The molecule has 0 unspecified atom stereocenters. The van der Waals surface area contributed by atoms with Crippen molar-refractivity contribution in [3.63, 3.8) is 0 Å². The number of rotatable bonds is 8. The predicted molar refractivity (Wildman–Crippen MR) is 216 cm³/mol. The first-order valence-corrected chi connectivity index (χ1v) is 17.6. The number of benzene rings is 4. The van der Waals surface area contributed by atoms with Crippen LogP contribution in [0, 0.1) is 5.92 Å². The van der Waals surface area contributed by atoms with Crippen LogP contribution in [0.2, 0.25) is 0 Å². The highest BCUT2D eigenvalue weighted by Crippen LogP contribution is 2.12. The second-order valence-electron chi connectivity index (χ2n) is 10.5. The van der Waals surface area contributed by atoms with Gasteiger partial charge in [-0.3, -0.25) is 0 Å². The van der Waals surface area contributed by atoms with Gasteiger partial charge in [-0.15, -0.1) is 13.2 Å². The van der Waals surface area contributed by atoms with Gasteiger partial charge in [-0.1, -0.05) is 171 Å². The number of hydrogen-bond donors (Lipinski definition) is 0. The van der Waals surface area contributed by atoms with E-state index in [1.54, 1.807) is 12.2 Å². The molecule has 0 bridgehead atoms. The van der Waals surface area contributed by atoms with Crippen molar-refractivity contribution < 1.29 is 14.2 Å². The second kappa shape index (κ2) is 44.9. The maximum atomic E-state index is 4.86. The Hall–Kier alpha value is -3.24. The molecule has 0 aliphatic carbocycles. The fourth-order valence-corrected chi connectivity index (χ4v) is 2.87. The number of hydrogen-bond acceptors (Lipinski definition) is 3. The van der Waals surface area contributed by atoms with Crippen LogP contribution in [-0.4, -0.2) is 39.6 Å². The molecule has 0 heterocycles. The van der Waals surface area contributed by atoms with Crippen LogP contribution in [0.25, 0.3) is 21.5 Å². The quantitative estimate of drug-likeness (QED) is 0.141. The molecule has 3 nitrogen and oxygen atoms in total. The van der Waals surface area contributed by atoms with Crippen LogP contribution in [0.4, 0.5) is 0 Å². The first-order valence-electron chi connectivity index (χ1n) is 17.6. The molecular weight excluding hydrogens is 576 g/mol. The Morgan fingerprint density at radius 3 is 0.681 bits per heavy atom. The van der Waals surface area contributed by atoms with Crippen molar-refractivity contribution >= 4 is 21.5 Å². The van der Waals surface area contributed by atoms with Crippen molar-refractivity contribution in [3.8, 4) is 0 Å². The van der Waals surface area contributed by atoms with Crippen molar-refractivity contribution in [2.75, 3.05) is 39.6 Å². The van der Waals surface area contributed by atoms with Gasteiger partial charge in [0.2, 0.25) is 0 Å². The van der Waals surface area contributed by atoms with Gasteiger partial charge in [0.25, 0.3) is 0 Å². The lowest BCUT2D eigenvalue weighted by atomic mass is 10.1. The largest absolute Gasteiger partial charge is 0.382 e. The predicted octanol–water partition coefficient (Wildman–Crippen LogP) is 13.6. The van der Waals surface area contributed by atoms with E-state index < -0.39 is 0 Å². The van der Waals surface area contributed by atoms with E-state index in [1.165, 1.54) is 34.4 Å². The van der Waals surface area contributed by atoms with E-state index in [0.29, 0.717) is 13.2 Å². The molecule has 0 atom stereocenters. The van der Waals surface area contributed by atoms with Gasteiger partial charge < -0.3 is 14.2 Å². The van der Waals surface area contributed by atoms with Crippen LogP contribution >= 0.6 is 0 Å². The van der Waals surface area contributed by atoms with Gasteiger partial charge in [-0.05, 0) is 55.2 Å². The summed E-state index contributed by atoms with van der Waals surface area (Å²) >= 11 is 0. The minimum absolute atomic E-state index is 0.677. The summed E-state index contributed by atoms with van der Waals surface area (Å²) in [5.74, 6) is 0.833. The van der Waals surface area contributed by atoms with Crippen LogP contribution in [0.3, 0.4) is 0 Å². The molecule has 4 aromatic carbocycles. The number of ether oxygens (including phenoxy) is 3. The highest BCUT2D eigenvalue weighted by molar-refractivity contribution is 5.82. The zero-order valence-electron chi connectivity index (χ0n) is 32.3. The summed E-state index contributed by atoms with van der Waals surface area (Å²) < 4.78 is 14.6. The normalized spacial score (nSPS) is 8.77. The van der Waals surface area contributed by atoms with E-state index in [1.807, 2.05) is 27.7 Å². The molecule has 0 N–H and O–H groups in total. The molecule has 0 saturated carbocycles. The molecule has 266 valence electrons. The minimum atomic E-state index is 0.677. The van der Waals surface area contributed by atoms with Crippen molar-refractivity contribution in [3.05, 3.63) is 122 Å². The summed E-state index contributed by atoms with van der Waals surface area (Å²) in [6.07, 6.45) is 5.98. The van der Waals surface area contributed by atoms with Crippen LogP contribution in [-0.2, 0) is 14.2 Å². The molecule has 0 saturated heterocycles. The average molecular weight is 649 g/mol. The lowest BCUT2D eigenvalue weighted by molar-refractivity contribution is 0.162. The van der Waals surface area contributed by atoms with Crippen molar-refractivity contribution in [1.29, 1.82) is 0 Å². The topological polar surface area (TPSA) is 27.7 Å². The van der Waals surface area contributed by atoms with Crippen molar-refractivity contribution in [1.82, 2.24) is 0 Å². The minimum Gasteiger partial charge on any atom is -0.382 e. The smallest absolute Gasteiger partial charge is 0.0644 e. The SMILES string of the molecule is C=CCOCC.C=CCOCC.CC(C)C.CCC.CCC.CCOCC.c1ccc2ccccc2c1.c1ccc2ccccc2c1.